The molecule has 1 aromatic heterocycles. The Morgan fingerprint density at radius 1 is 1.08 bits per heavy atom. The zero-order valence-electron chi connectivity index (χ0n) is 13.7. The molecule has 4 rings (SSSR count). The summed E-state index contributed by atoms with van der Waals surface area (Å²) in [4.78, 5) is 26.3. The van der Waals surface area contributed by atoms with Gasteiger partial charge >= 0.3 is 5.76 Å². The molecule has 0 N–H and O–H groups in total. The fourth-order valence-corrected chi connectivity index (χ4v) is 3.18. The number of oxazole rings is 1. The van der Waals surface area contributed by atoms with Crippen molar-refractivity contribution in [2.45, 2.75) is 19.4 Å². The number of fused-ring (bicyclic) bond motifs is 2. The summed E-state index contributed by atoms with van der Waals surface area (Å²) in [5.74, 6) is 0.390. The molecule has 0 spiro atoms. The van der Waals surface area contributed by atoms with Crippen LogP contribution in [0.25, 0.3) is 11.1 Å². The van der Waals surface area contributed by atoms with Crippen LogP contribution in [0, 0.1) is 0 Å². The summed E-state index contributed by atoms with van der Waals surface area (Å²) in [5, 5.41) is 0. The fourth-order valence-electron chi connectivity index (χ4n) is 3.18. The molecule has 25 heavy (non-hydrogen) atoms. The van der Waals surface area contributed by atoms with Gasteiger partial charge in [0.1, 0.15) is 12.4 Å². The van der Waals surface area contributed by atoms with Gasteiger partial charge in [-0.2, -0.15) is 0 Å². The maximum Gasteiger partial charge on any atom is 0.419 e. The standard InChI is InChI=1S/C19H18N2O4/c22-18(20-12-13-24-16-8-3-1-6-14(16)20)10-5-11-21-15-7-2-4-9-17(15)25-19(21)23/h1-4,6-9H,5,10-13H2. The van der Waals surface area contributed by atoms with E-state index in [2.05, 4.69) is 0 Å². The Hall–Kier alpha value is -3.02. The van der Waals surface area contributed by atoms with Crippen LogP contribution < -0.4 is 15.4 Å². The highest BCUT2D eigenvalue weighted by atomic mass is 16.5. The van der Waals surface area contributed by atoms with E-state index in [4.69, 9.17) is 9.15 Å². The molecule has 0 saturated heterocycles. The first-order valence-corrected chi connectivity index (χ1v) is 8.34. The summed E-state index contributed by atoms with van der Waals surface area (Å²) in [6, 6.07) is 14.8. The predicted molar refractivity (Wildman–Crippen MR) is 94.0 cm³/mol. The molecule has 2 aromatic carbocycles. The minimum atomic E-state index is -0.384. The van der Waals surface area contributed by atoms with Gasteiger partial charge in [0, 0.05) is 13.0 Å². The van der Waals surface area contributed by atoms with Crippen LogP contribution in [0.4, 0.5) is 5.69 Å². The molecule has 1 aliphatic heterocycles. The smallest absolute Gasteiger partial charge is 0.419 e. The Morgan fingerprint density at radius 3 is 2.80 bits per heavy atom. The SMILES string of the molecule is O=C(CCCn1c(=O)oc2ccccc21)N1CCOc2ccccc21. The third-order valence-electron chi connectivity index (χ3n) is 4.38. The van der Waals surface area contributed by atoms with Crippen LogP contribution in [-0.2, 0) is 11.3 Å². The van der Waals surface area contributed by atoms with Crippen LogP contribution >= 0.6 is 0 Å². The van der Waals surface area contributed by atoms with Gasteiger partial charge < -0.3 is 14.1 Å². The second kappa shape index (κ2) is 6.47. The average Bonchev–Trinajstić information content (AvgIpc) is 2.96. The van der Waals surface area contributed by atoms with Crippen molar-refractivity contribution in [3.8, 4) is 5.75 Å². The van der Waals surface area contributed by atoms with Gasteiger partial charge in [-0.1, -0.05) is 24.3 Å². The lowest BCUT2D eigenvalue weighted by molar-refractivity contribution is -0.119. The molecule has 0 radical (unpaired) electrons. The number of carbonyl (C=O) groups is 1. The third-order valence-corrected chi connectivity index (χ3v) is 4.38. The molecule has 128 valence electrons. The number of carbonyl (C=O) groups excluding carboxylic acids is 1. The van der Waals surface area contributed by atoms with E-state index in [9.17, 15) is 9.59 Å². The van der Waals surface area contributed by atoms with E-state index < -0.39 is 0 Å². The molecule has 1 amide bonds. The molecular formula is C19H18N2O4. The van der Waals surface area contributed by atoms with Crippen molar-refractivity contribution in [3.63, 3.8) is 0 Å². The maximum absolute atomic E-state index is 12.6. The van der Waals surface area contributed by atoms with E-state index in [0.29, 0.717) is 38.1 Å². The number of aromatic nitrogens is 1. The lowest BCUT2D eigenvalue weighted by atomic mass is 10.2. The molecule has 1 aliphatic rings. The third kappa shape index (κ3) is 2.91. The van der Waals surface area contributed by atoms with Crippen molar-refractivity contribution < 1.29 is 13.9 Å². The second-order valence-electron chi connectivity index (χ2n) is 5.95. The quantitative estimate of drug-likeness (QED) is 0.734. The number of hydrogen-bond acceptors (Lipinski definition) is 4. The molecule has 0 saturated carbocycles. The number of para-hydroxylation sites is 4. The number of ether oxygens (including phenoxy) is 1. The first-order valence-electron chi connectivity index (χ1n) is 8.34. The van der Waals surface area contributed by atoms with Crippen molar-refractivity contribution in [1.82, 2.24) is 4.57 Å². The first kappa shape index (κ1) is 15.5. The van der Waals surface area contributed by atoms with Crippen LogP contribution in [0.15, 0.2) is 57.7 Å². The van der Waals surface area contributed by atoms with Gasteiger partial charge in [-0.25, -0.2) is 4.79 Å². The van der Waals surface area contributed by atoms with Gasteiger partial charge in [-0.3, -0.25) is 9.36 Å². The highest BCUT2D eigenvalue weighted by Crippen LogP contribution is 2.31. The second-order valence-corrected chi connectivity index (χ2v) is 5.95. The van der Waals surface area contributed by atoms with Crippen LogP contribution in [0.3, 0.4) is 0 Å². The molecule has 6 nitrogen and oxygen atoms in total. The van der Waals surface area contributed by atoms with E-state index in [1.165, 1.54) is 0 Å². The molecule has 6 heteroatoms. The Kier molecular flexibility index (Phi) is 4.01. The Morgan fingerprint density at radius 2 is 1.88 bits per heavy atom. The molecule has 0 unspecified atom stereocenters. The number of amides is 1. The minimum absolute atomic E-state index is 0.0385. The van der Waals surface area contributed by atoms with Crippen LogP contribution in [-0.4, -0.2) is 23.6 Å². The first-order chi connectivity index (χ1) is 12.2. The molecule has 2 heterocycles. The zero-order chi connectivity index (χ0) is 17.2. The molecular weight excluding hydrogens is 320 g/mol. The van der Waals surface area contributed by atoms with Gasteiger partial charge in [-0.05, 0) is 30.7 Å². The average molecular weight is 338 g/mol. The molecule has 3 aromatic rings. The van der Waals surface area contributed by atoms with E-state index >= 15 is 0 Å². The summed E-state index contributed by atoms with van der Waals surface area (Å²) in [5.41, 5.74) is 2.14. The van der Waals surface area contributed by atoms with Gasteiger partial charge in [0.15, 0.2) is 5.58 Å². The Balaban J connectivity index is 1.45. The lowest BCUT2D eigenvalue weighted by Gasteiger charge is -2.29. The summed E-state index contributed by atoms with van der Waals surface area (Å²) in [6.45, 7) is 1.49. The van der Waals surface area contributed by atoms with Gasteiger partial charge in [0.25, 0.3) is 0 Å². The summed E-state index contributed by atoms with van der Waals surface area (Å²) >= 11 is 0. The normalized spacial score (nSPS) is 13.5. The minimum Gasteiger partial charge on any atom is -0.490 e. The van der Waals surface area contributed by atoms with Crippen molar-refractivity contribution in [1.29, 1.82) is 0 Å². The van der Waals surface area contributed by atoms with Crippen LogP contribution in [0.1, 0.15) is 12.8 Å². The van der Waals surface area contributed by atoms with Gasteiger partial charge in [0.05, 0.1) is 17.7 Å². The lowest BCUT2D eigenvalue weighted by Crippen LogP contribution is -2.37. The summed E-state index contributed by atoms with van der Waals surface area (Å²) in [7, 11) is 0. The number of benzene rings is 2. The zero-order valence-corrected chi connectivity index (χ0v) is 13.7. The Labute approximate surface area is 144 Å². The van der Waals surface area contributed by atoms with Gasteiger partial charge in [0.2, 0.25) is 5.91 Å². The van der Waals surface area contributed by atoms with Crippen LogP contribution in [0.5, 0.6) is 5.75 Å². The van der Waals surface area contributed by atoms with Crippen LogP contribution in [0.2, 0.25) is 0 Å². The van der Waals surface area contributed by atoms with Crippen molar-refractivity contribution in [2.24, 2.45) is 0 Å². The fraction of sp³-hybridized carbons (Fsp3) is 0.263. The van der Waals surface area contributed by atoms with Crippen molar-refractivity contribution >= 4 is 22.7 Å². The van der Waals surface area contributed by atoms with E-state index in [1.807, 2.05) is 42.5 Å². The maximum atomic E-state index is 12.6. The number of rotatable bonds is 4. The molecule has 0 fully saturated rings. The number of hydrogen-bond donors (Lipinski definition) is 0. The monoisotopic (exact) mass is 338 g/mol. The predicted octanol–water partition coefficient (Wildman–Crippen LogP) is 2.80. The van der Waals surface area contributed by atoms with Crippen molar-refractivity contribution in [3.05, 3.63) is 59.1 Å². The largest absolute Gasteiger partial charge is 0.490 e. The number of anilines is 1. The number of nitrogens with zero attached hydrogens (tertiary/aromatic N) is 2. The Bertz CT molecular complexity index is 973. The summed E-state index contributed by atoms with van der Waals surface area (Å²) < 4.78 is 12.4. The van der Waals surface area contributed by atoms with Crippen molar-refractivity contribution in [2.75, 3.05) is 18.1 Å². The summed E-state index contributed by atoms with van der Waals surface area (Å²) in [6.07, 6.45) is 0.933. The molecule has 0 bridgehead atoms. The molecule has 0 aliphatic carbocycles. The number of aryl methyl sites for hydroxylation is 1. The highest BCUT2D eigenvalue weighted by molar-refractivity contribution is 5.95. The van der Waals surface area contributed by atoms with E-state index in [-0.39, 0.29) is 11.7 Å². The molecule has 0 atom stereocenters. The van der Waals surface area contributed by atoms with Gasteiger partial charge in [-0.15, -0.1) is 0 Å². The van der Waals surface area contributed by atoms with E-state index in [1.54, 1.807) is 15.5 Å². The topological polar surface area (TPSA) is 64.7 Å². The highest BCUT2D eigenvalue weighted by Gasteiger charge is 2.22. The van der Waals surface area contributed by atoms with E-state index in [0.717, 1.165) is 17.0 Å².